The van der Waals surface area contributed by atoms with E-state index in [0.29, 0.717) is 28.7 Å². The highest BCUT2D eigenvalue weighted by molar-refractivity contribution is 7.13. The van der Waals surface area contributed by atoms with E-state index in [1.165, 1.54) is 11.0 Å². The van der Waals surface area contributed by atoms with Crippen molar-refractivity contribution < 1.29 is 18.4 Å². The summed E-state index contributed by atoms with van der Waals surface area (Å²) < 4.78 is 28.0. The SMILES string of the molecule is O=C(Nc1cccc(Cl)c1)c1nnc([C@H]2CCCN(C(=O)c3c(F)cccc3F)C2)s1. The van der Waals surface area contributed by atoms with Crippen LogP contribution in [0, 0.1) is 11.6 Å². The van der Waals surface area contributed by atoms with Gasteiger partial charge in [0.2, 0.25) is 5.01 Å². The predicted molar refractivity (Wildman–Crippen MR) is 114 cm³/mol. The second-order valence-corrected chi connectivity index (χ2v) is 8.54. The molecule has 1 fully saturated rings. The first-order chi connectivity index (χ1) is 14.9. The lowest BCUT2D eigenvalue weighted by Gasteiger charge is -2.31. The fraction of sp³-hybridized carbons (Fsp3) is 0.238. The van der Waals surface area contributed by atoms with Crippen LogP contribution in [-0.2, 0) is 0 Å². The van der Waals surface area contributed by atoms with Crippen LogP contribution in [0.3, 0.4) is 0 Å². The third-order valence-electron chi connectivity index (χ3n) is 4.95. The summed E-state index contributed by atoms with van der Waals surface area (Å²) in [5.74, 6) is -3.05. The fourth-order valence-electron chi connectivity index (χ4n) is 3.47. The lowest BCUT2D eigenvalue weighted by Crippen LogP contribution is -2.39. The van der Waals surface area contributed by atoms with Crippen molar-refractivity contribution in [1.29, 1.82) is 0 Å². The van der Waals surface area contributed by atoms with Crippen LogP contribution in [0.2, 0.25) is 5.02 Å². The maximum Gasteiger partial charge on any atom is 0.286 e. The molecule has 160 valence electrons. The lowest BCUT2D eigenvalue weighted by molar-refractivity contribution is 0.0696. The molecule has 1 saturated heterocycles. The van der Waals surface area contributed by atoms with Crippen molar-refractivity contribution >= 4 is 40.4 Å². The van der Waals surface area contributed by atoms with Crippen molar-refractivity contribution in [3.05, 3.63) is 74.7 Å². The Hall–Kier alpha value is -2.91. The number of halogens is 3. The molecule has 1 atom stereocenters. The van der Waals surface area contributed by atoms with Crippen molar-refractivity contribution in [2.24, 2.45) is 0 Å². The maximum absolute atomic E-state index is 14.0. The average Bonchev–Trinajstić information content (AvgIpc) is 3.24. The first-order valence-electron chi connectivity index (χ1n) is 9.56. The number of hydrogen-bond donors (Lipinski definition) is 1. The Kier molecular flexibility index (Phi) is 6.24. The van der Waals surface area contributed by atoms with Gasteiger partial charge in [-0.1, -0.05) is 35.1 Å². The Morgan fingerprint density at radius 1 is 1.13 bits per heavy atom. The van der Waals surface area contributed by atoms with Crippen molar-refractivity contribution in [3.8, 4) is 0 Å². The molecule has 0 saturated carbocycles. The zero-order chi connectivity index (χ0) is 22.0. The van der Waals surface area contributed by atoms with E-state index >= 15 is 0 Å². The number of nitrogens with one attached hydrogen (secondary N) is 1. The molecule has 6 nitrogen and oxygen atoms in total. The zero-order valence-electron chi connectivity index (χ0n) is 16.1. The van der Waals surface area contributed by atoms with E-state index in [9.17, 15) is 18.4 Å². The van der Waals surface area contributed by atoms with E-state index in [1.54, 1.807) is 24.3 Å². The number of piperidine rings is 1. The van der Waals surface area contributed by atoms with E-state index in [0.717, 1.165) is 29.9 Å². The third kappa shape index (κ3) is 4.72. The molecule has 10 heteroatoms. The third-order valence-corrected chi connectivity index (χ3v) is 6.27. The highest BCUT2D eigenvalue weighted by atomic mass is 35.5. The number of rotatable bonds is 4. The van der Waals surface area contributed by atoms with E-state index in [-0.39, 0.29) is 17.5 Å². The quantitative estimate of drug-likeness (QED) is 0.607. The highest BCUT2D eigenvalue weighted by Gasteiger charge is 2.31. The van der Waals surface area contributed by atoms with Crippen LogP contribution in [0.4, 0.5) is 14.5 Å². The van der Waals surface area contributed by atoms with E-state index < -0.39 is 29.0 Å². The maximum atomic E-state index is 14.0. The Labute approximate surface area is 185 Å². The second-order valence-electron chi connectivity index (χ2n) is 7.10. The normalized spacial score (nSPS) is 16.2. The van der Waals surface area contributed by atoms with Crippen molar-refractivity contribution in [1.82, 2.24) is 15.1 Å². The molecule has 1 aliphatic heterocycles. The molecule has 1 aromatic heterocycles. The zero-order valence-corrected chi connectivity index (χ0v) is 17.7. The van der Waals surface area contributed by atoms with Crippen LogP contribution in [0.5, 0.6) is 0 Å². The summed E-state index contributed by atoms with van der Waals surface area (Å²) in [6, 6.07) is 10.1. The van der Waals surface area contributed by atoms with Gasteiger partial charge >= 0.3 is 0 Å². The minimum atomic E-state index is -0.886. The van der Waals surface area contributed by atoms with Gasteiger partial charge in [-0.15, -0.1) is 10.2 Å². The second kappa shape index (κ2) is 9.07. The van der Waals surface area contributed by atoms with Crippen LogP contribution >= 0.6 is 22.9 Å². The summed E-state index contributed by atoms with van der Waals surface area (Å²) in [6.07, 6.45) is 1.38. The molecule has 0 aliphatic carbocycles. The summed E-state index contributed by atoms with van der Waals surface area (Å²) in [7, 11) is 0. The van der Waals surface area contributed by atoms with E-state index in [4.69, 9.17) is 11.6 Å². The largest absolute Gasteiger partial charge is 0.338 e. The Balaban J connectivity index is 1.46. The van der Waals surface area contributed by atoms with Crippen LogP contribution in [0.1, 0.15) is 43.9 Å². The molecule has 31 heavy (non-hydrogen) atoms. The number of hydrogen-bond acceptors (Lipinski definition) is 5. The standard InChI is InChI=1S/C21H17ClF2N4O2S/c22-13-5-1-6-14(10-13)25-18(29)20-27-26-19(31-20)12-4-3-9-28(11-12)21(30)17-15(23)7-2-8-16(17)24/h1-2,5-8,10,12H,3-4,9,11H2,(H,25,29)/t12-/m0/s1. The number of carbonyl (C=O) groups is 2. The Bertz CT molecular complexity index is 1120. The Morgan fingerprint density at radius 3 is 2.61 bits per heavy atom. The number of likely N-dealkylation sites (tertiary alicyclic amines) is 1. The molecule has 2 heterocycles. The molecule has 2 amide bonds. The number of anilines is 1. The molecule has 1 aliphatic rings. The van der Waals surface area contributed by atoms with Gasteiger partial charge in [0.25, 0.3) is 11.8 Å². The molecule has 1 N–H and O–H groups in total. The van der Waals surface area contributed by atoms with Gasteiger partial charge in [-0.25, -0.2) is 8.78 Å². The van der Waals surface area contributed by atoms with Crippen molar-refractivity contribution in [2.75, 3.05) is 18.4 Å². The summed E-state index contributed by atoms with van der Waals surface area (Å²) in [6.45, 7) is 0.640. The number of aromatic nitrogens is 2. The van der Waals surface area contributed by atoms with E-state index in [1.807, 2.05) is 0 Å². The molecule has 0 unspecified atom stereocenters. The molecule has 3 aromatic rings. The van der Waals surface area contributed by atoms with Crippen LogP contribution in [0.15, 0.2) is 42.5 Å². The van der Waals surface area contributed by atoms with Gasteiger partial charge < -0.3 is 10.2 Å². The molecule has 0 radical (unpaired) electrons. The minimum Gasteiger partial charge on any atom is -0.338 e. The van der Waals surface area contributed by atoms with Crippen LogP contribution in [-0.4, -0.2) is 40.0 Å². The Morgan fingerprint density at radius 2 is 1.87 bits per heavy atom. The van der Waals surface area contributed by atoms with Gasteiger partial charge in [-0.3, -0.25) is 9.59 Å². The topological polar surface area (TPSA) is 75.2 Å². The average molecular weight is 463 g/mol. The first kappa shape index (κ1) is 21.3. The number of benzene rings is 2. The minimum absolute atomic E-state index is 0.169. The molecule has 2 aromatic carbocycles. The van der Waals surface area contributed by atoms with Gasteiger partial charge in [-0.2, -0.15) is 0 Å². The van der Waals surface area contributed by atoms with Gasteiger partial charge in [0, 0.05) is 29.7 Å². The molecular weight excluding hydrogens is 446 g/mol. The van der Waals surface area contributed by atoms with Gasteiger partial charge in [0.1, 0.15) is 22.2 Å². The number of carbonyl (C=O) groups excluding carboxylic acids is 2. The van der Waals surface area contributed by atoms with Crippen molar-refractivity contribution in [3.63, 3.8) is 0 Å². The molecule has 0 bridgehead atoms. The molecule has 4 rings (SSSR count). The predicted octanol–water partition coefficient (Wildman–Crippen LogP) is 4.74. The smallest absolute Gasteiger partial charge is 0.286 e. The van der Waals surface area contributed by atoms with E-state index in [2.05, 4.69) is 15.5 Å². The number of amides is 2. The van der Waals surface area contributed by atoms with Gasteiger partial charge in [0.05, 0.1) is 0 Å². The summed E-state index contributed by atoms with van der Waals surface area (Å²) in [5.41, 5.74) is -0.0161. The summed E-state index contributed by atoms with van der Waals surface area (Å²) in [4.78, 5) is 26.6. The van der Waals surface area contributed by atoms with Crippen LogP contribution in [0.25, 0.3) is 0 Å². The summed E-state index contributed by atoms with van der Waals surface area (Å²) in [5, 5.41) is 12.1. The molecular formula is C21H17ClF2N4O2S. The van der Waals surface area contributed by atoms with Crippen LogP contribution < -0.4 is 5.32 Å². The monoisotopic (exact) mass is 462 g/mol. The first-order valence-corrected chi connectivity index (χ1v) is 10.8. The lowest BCUT2D eigenvalue weighted by atomic mass is 9.98. The molecule has 0 spiro atoms. The van der Waals surface area contributed by atoms with Crippen molar-refractivity contribution in [2.45, 2.75) is 18.8 Å². The number of nitrogens with zero attached hydrogens (tertiary/aromatic N) is 3. The fourth-order valence-corrected chi connectivity index (χ4v) is 4.52. The summed E-state index contributed by atoms with van der Waals surface area (Å²) >= 11 is 7.06. The van der Waals surface area contributed by atoms with Gasteiger partial charge in [0.15, 0.2) is 0 Å². The van der Waals surface area contributed by atoms with Gasteiger partial charge in [-0.05, 0) is 43.2 Å². The highest BCUT2D eigenvalue weighted by Crippen LogP contribution is 2.30.